The summed E-state index contributed by atoms with van der Waals surface area (Å²) in [6.07, 6.45) is 6.42. The van der Waals surface area contributed by atoms with Gasteiger partial charge in [0.2, 0.25) is 0 Å². The summed E-state index contributed by atoms with van der Waals surface area (Å²) in [5.74, 6) is -0.596. The lowest BCUT2D eigenvalue weighted by atomic mass is 9.75. The van der Waals surface area contributed by atoms with E-state index in [2.05, 4.69) is 31.8 Å². The van der Waals surface area contributed by atoms with Gasteiger partial charge in [-0.3, -0.25) is 4.79 Å². The van der Waals surface area contributed by atoms with Crippen molar-refractivity contribution in [1.29, 1.82) is 0 Å². The van der Waals surface area contributed by atoms with Crippen molar-refractivity contribution in [2.45, 2.75) is 39.4 Å². The summed E-state index contributed by atoms with van der Waals surface area (Å²) in [5, 5.41) is 1.27. The van der Waals surface area contributed by atoms with Gasteiger partial charge >= 0.3 is 5.97 Å². The van der Waals surface area contributed by atoms with E-state index < -0.39 is 19.8 Å². The van der Waals surface area contributed by atoms with Crippen molar-refractivity contribution in [3.63, 3.8) is 0 Å². The number of esters is 1. The van der Waals surface area contributed by atoms with Crippen molar-refractivity contribution >= 4 is 19.8 Å². The fourth-order valence-electron chi connectivity index (χ4n) is 3.26. The number of hydrogen-bond acceptors (Lipinski definition) is 3. The van der Waals surface area contributed by atoms with E-state index in [1.54, 1.807) is 6.92 Å². The molecule has 0 radical (unpaired) electrons. The van der Waals surface area contributed by atoms with Gasteiger partial charge in [0, 0.05) is 11.5 Å². The standard InChI is InChI=1S/C15H22O3Si/c1-5-18-15(17)13(16)12-10-6-8-11(9-7-10)14(12)19(2,3)4/h6,8,10-11H,5,7,9H2,1-4H3/t10-,11+/m1/s1. The Bertz CT molecular complexity index is 468. The highest BCUT2D eigenvalue weighted by molar-refractivity contribution is 6.84. The van der Waals surface area contributed by atoms with Gasteiger partial charge in [0.05, 0.1) is 14.7 Å². The van der Waals surface area contributed by atoms with E-state index in [-0.39, 0.29) is 12.5 Å². The molecule has 0 aromatic rings. The maximum Gasteiger partial charge on any atom is 0.379 e. The van der Waals surface area contributed by atoms with Crippen LogP contribution in [0.4, 0.5) is 0 Å². The SMILES string of the molecule is CCOC(=O)C(=O)C1=C([Si](C)(C)C)[C@H]2C=C[C@@H]1CC2. The van der Waals surface area contributed by atoms with Crippen molar-refractivity contribution in [3.05, 3.63) is 22.9 Å². The molecule has 3 aliphatic rings. The number of carbonyl (C=O) groups excluding carboxylic acids is 2. The number of hydrogen-bond donors (Lipinski definition) is 0. The first-order valence-corrected chi connectivity index (χ1v) is 10.5. The van der Waals surface area contributed by atoms with Gasteiger partial charge in [-0.1, -0.05) is 37.0 Å². The smallest absolute Gasteiger partial charge is 0.379 e. The number of allylic oxidation sites excluding steroid dienone is 3. The van der Waals surface area contributed by atoms with Gasteiger partial charge in [-0.25, -0.2) is 4.79 Å². The Hall–Kier alpha value is -1.16. The van der Waals surface area contributed by atoms with Gasteiger partial charge in [0.25, 0.3) is 5.78 Å². The Labute approximate surface area is 115 Å². The van der Waals surface area contributed by atoms with Gasteiger partial charge in [0.15, 0.2) is 0 Å². The van der Waals surface area contributed by atoms with Crippen LogP contribution in [0.2, 0.25) is 19.6 Å². The summed E-state index contributed by atoms with van der Waals surface area (Å²) in [5.41, 5.74) is 0.761. The monoisotopic (exact) mass is 278 g/mol. The van der Waals surface area contributed by atoms with Crippen LogP contribution in [-0.4, -0.2) is 26.4 Å². The topological polar surface area (TPSA) is 43.4 Å². The summed E-state index contributed by atoms with van der Waals surface area (Å²) in [6.45, 7) is 8.72. The van der Waals surface area contributed by atoms with E-state index in [4.69, 9.17) is 4.74 Å². The number of ketones is 1. The second-order valence-corrected chi connectivity index (χ2v) is 11.3. The van der Waals surface area contributed by atoms with E-state index in [9.17, 15) is 9.59 Å². The number of fused-ring (bicyclic) bond motifs is 1. The predicted molar refractivity (Wildman–Crippen MR) is 77.4 cm³/mol. The molecule has 0 aromatic carbocycles. The first-order valence-electron chi connectivity index (χ1n) is 7.00. The minimum atomic E-state index is -1.60. The first-order chi connectivity index (χ1) is 8.86. The molecule has 0 amide bonds. The zero-order valence-corrected chi connectivity index (χ0v) is 13.2. The molecule has 0 N–H and O–H groups in total. The van der Waals surface area contributed by atoms with Crippen molar-refractivity contribution < 1.29 is 14.3 Å². The van der Waals surface area contributed by atoms with E-state index in [0.29, 0.717) is 5.92 Å². The minimum Gasteiger partial charge on any atom is -0.460 e. The van der Waals surface area contributed by atoms with Crippen LogP contribution in [0.1, 0.15) is 19.8 Å². The molecule has 0 spiro atoms. The van der Waals surface area contributed by atoms with Crippen LogP contribution in [0.25, 0.3) is 0 Å². The molecule has 0 aromatic heterocycles. The van der Waals surface area contributed by atoms with Crippen LogP contribution in [0.5, 0.6) is 0 Å². The Morgan fingerprint density at radius 2 is 1.79 bits per heavy atom. The predicted octanol–water partition coefficient (Wildman–Crippen LogP) is 2.89. The highest BCUT2D eigenvalue weighted by Crippen LogP contribution is 2.44. The molecule has 3 aliphatic carbocycles. The highest BCUT2D eigenvalue weighted by atomic mass is 28.3. The summed E-state index contributed by atoms with van der Waals surface area (Å²) < 4.78 is 4.89. The molecular formula is C15H22O3Si. The summed E-state index contributed by atoms with van der Waals surface area (Å²) in [7, 11) is -1.60. The van der Waals surface area contributed by atoms with Crippen LogP contribution in [0.3, 0.4) is 0 Å². The summed E-state index contributed by atoms with van der Waals surface area (Å²) >= 11 is 0. The zero-order chi connectivity index (χ0) is 14.2. The minimum absolute atomic E-state index is 0.128. The van der Waals surface area contributed by atoms with Crippen molar-refractivity contribution in [2.24, 2.45) is 11.8 Å². The third-order valence-corrected chi connectivity index (χ3v) is 6.17. The summed E-state index contributed by atoms with van der Waals surface area (Å²) in [4.78, 5) is 24.2. The number of ether oxygens (including phenoxy) is 1. The van der Waals surface area contributed by atoms with Crippen LogP contribution >= 0.6 is 0 Å². The van der Waals surface area contributed by atoms with Crippen LogP contribution < -0.4 is 0 Å². The third kappa shape index (κ3) is 2.59. The van der Waals surface area contributed by atoms with Gasteiger partial charge < -0.3 is 4.74 Å². The maximum atomic E-state index is 12.4. The van der Waals surface area contributed by atoms with E-state index >= 15 is 0 Å². The zero-order valence-electron chi connectivity index (χ0n) is 12.2. The molecule has 0 heterocycles. The molecule has 2 atom stereocenters. The molecule has 2 bridgehead atoms. The molecule has 3 nitrogen and oxygen atoms in total. The van der Waals surface area contributed by atoms with Gasteiger partial charge in [-0.15, -0.1) is 0 Å². The number of carbonyl (C=O) groups is 2. The Morgan fingerprint density at radius 1 is 1.21 bits per heavy atom. The highest BCUT2D eigenvalue weighted by Gasteiger charge is 2.41. The number of rotatable bonds is 4. The lowest BCUT2D eigenvalue weighted by Gasteiger charge is -2.40. The lowest BCUT2D eigenvalue weighted by molar-refractivity contribution is -0.152. The summed E-state index contributed by atoms with van der Waals surface area (Å²) in [6, 6.07) is 0. The molecule has 0 unspecified atom stereocenters. The molecule has 19 heavy (non-hydrogen) atoms. The Morgan fingerprint density at radius 3 is 2.26 bits per heavy atom. The molecule has 0 saturated carbocycles. The second kappa shape index (κ2) is 5.08. The molecule has 3 rings (SSSR count). The van der Waals surface area contributed by atoms with Crippen LogP contribution in [0, 0.1) is 11.8 Å². The molecule has 4 heteroatoms. The Kier molecular flexibility index (Phi) is 3.81. The third-order valence-electron chi connectivity index (χ3n) is 3.91. The van der Waals surface area contributed by atoms with Gasteiger partial charge in [-0.2, -0.15) is 0 Å². The molecular weight excluding hydrogens is 256 g/mol. The van der Waals surface area contributed by atoms with E-state index in [0.717, 1.165) is 18.4 Å². The van der Waals surface area contributed by atoms with Crippen molar-refractivity contribution in [2.75, 3.05) is 6.61 Å². The van der Waals surface area contributed by atoms with Crippen molar-refractivity contribution in [3.8, 4) is 0 Å². The average Bonchev–Trinajstić information content (AvgIpc) is 2.37. The molecule has 0 aliphatic heterocycles. The fourth-order valence-corrected chi connectivity index (χ4v) is 5.72. The second-order valence-electron chi connectivity index (χ2n) is 6.30. The van der Waals surface area contributed by atoms with Crippen LogP contribution in [0.15, 0.2) is 22.9 Å². The van der Waals surface area contributed by atoms with E-state index in [1.807, 2.05) is 0 Å². The first kappa shape index (κ1) is 14.3. The average molecular weight is 278 g/mol. The number of Topliss-reactive ketones (excluding diaryl/α,β-unsaturated/α-hetero) is 1. The molecule has 0 fully saturated rings. The van der Waals surface area contributed by atoms with Gasteiger partial charge in [0.1, 0.15) is 0 Å². The largest absolute Gasteiger partial charge is 0.460 e. The normalized spacial score (nSPS) is 25.7. The van der Waals surface area contributed by atoms with Crippen molar-refractivity contribution in [1.82, 2.24) is 0 Å². The maximum absolute atomic E-state index is 12.4. The molecule has 104 valence electrons. The van der Waals surface area contributed by atoms with Gasteiger partial charge in [-0.05, 0) is 25.7 Å². The quantitative estimate of drug-likeness (QED) is 0.344. The van der Waals surface area contributed by atoms with Crippen LogP contribution in [-0.2, 0) is 14.3 Å². The Balaban J connectivity index is 2.43. The fraction of sp³-hybridized carbons (Fsp3) is 0.600. The molecule has 0 saturated heterocycles. The lowest BCUT2D eigenvalue weighted by Crippen LogP contribution is -2.40. The van der Waals surface area contributed by atoms with E-state index in [1.165, 1.54) is 5.20 Å².